The third-order valence-electron chi connectivity index (χ3n) is 4.64. The molecule has 0 radical (unpaired) electrons. The minimum atomic E-state index is -0.660. The van der Waals surface area contributed by atoms with Crippen LogP contribution in [0.5, 0.6) is 0 Å². The molecule has 1 saturated heterocycles. The smallest absolute Gasteiger partial charge is 0.255 e. The van der Waals surface area contributed by atoms with E-state index in [1.807, 2.05) is 0 Å². The summed E-state index contributed by atoms with van der Waals surface area (Å²) in [4.78, 5) is 26.4. The lowest BCUT2D eigenvalue weighted by Crippen LogP contribution is -2.47. The second-order valence-electron chi connectivity index (χ2n) is 6.53. The van der Waals surface area contributed by atoms with Crippen molar-refractivity contribution in [1.29, 1.82) is 0 Å². The van der Waals surface area contributed by atoms with Crippen molar-refractivity contribution in [2.75, 3.05) is 13.1 Å². The molecule has 0 aliphatic carbocycles. The van der Waals surface area contributed by atoms with E-state index >= 15 is 0 Å². The van der Waals surface area contributed by atoms with E-state index in [-0.39, 0.29) is 34.8 Å². The van der Waals surface area contributed by atoms with Gasteiger partial charge < -0.3 is 10.2 Å². The highest BCUT2D eigenvalue weighted by atomic mass is 35.5. The largest absolute Gasteiger partial charge is 0.349 e. The molecule has 142 valence electrons. The van der Waals surface area contributed by atoms with Crippen LogP contribution in [0.2, 0.25) is 5.02 Å². The van der Waals surface area contributed by atoms with Gasteiger partial charge in [0, 0.05) is 19.1 Å². The fourth-order valence-electron chi connectivity index (χ4n) is 3.13. The number of piperidine rings is 1. The lowest BCUT2D eigenvalue weighted by molar-refractivity contribution is -0.131. The molecule has 1 heterocycles. The molecule has 7 heteroatoms. The Morgan fingerprint density at radius 2 is 1.74 bits per heavy atom. The maximum atomic E-state index is 13.8. The molecule has 1 aliphatic rings. The number of nitrogens with zero attached hydrogens (tertiary/aromatic N) is 1. The van der Waals surface area contributed by atoms with Crippen LogP contribution in [0.4, 0.5) is 8.78 Å². The van der Waals surface area contributed by atoms with Crippen LogP contribution >= 0.6 is 11.6 Å². The van der Waals surface area contributed by atoms with Gasteiger partial charge in [0.05, 0.1) is 17.0 Å². The average molecular weight is 393 g/mol. The fourth-order valence-corrected chi connectivity index (χ4v) is 3.38. The summed E-state index contributed by atoms with van der Waals surface area (Å²) in [7, 11) is 0. The van der Waals surface area contributed by atoms with Crippen molar-refractivity contribution in [2.24, 2.45) is 0 Å². The topological polar surface area (TPSA) is 49.4 Å². The summed E-state index contributed by atoms with van der Waals surface area (Å²) in [6.45, 7) is 0.992. The van der Waals surface area contributed by atoms with E-state index < -0.39 is 11.7 Å². The summed E-state index contributed by atoms with van der Waals surface area (Å²) in [6.07, 6.45) is 1.36. The molecule has 4 nitrogen and oxygen atoms in total. The fraction of sp³-hybridized carbons (Fsp3) is 0.300. The van der Waals surface area contributed by atoms with Crippen LogP contribution in [-0.2, 0) is 11.2 Å². The van der Waals surface area contributed by atoms with Gasteiger partial charge in [0.1, 0.15) is 11.6 Å². The number of hydrogen-bond acceptors (Lipinski definition) is 2. The van der Waals surface area contributed by atoms with Crippen LogP contribution in [-0.4, -0.2) is 35.8 Å². The summed E-state index contributed by atoms with van der Waals surface area (Å²) in [5, 5.41) is 2.86. The summed E-state index contributed by atoms with van der Waals surface area (Å²) >= 11 is 5.92. The van der Waals surface area contributed by atoms with Crippen LogP contribution in [0, 0.1) is 11.6 Å². The maximum Gasteiger partial charge on any atom is 0.255 e. The minimum absolute atomic E-state index is 0.0384. The zero-order chi connectivity index (χ0) is 19.4. The Kier molecular flexibility index (Phi) is 6.06. The van der Waals surface area contributed by atoms with Gasteiger partial charge in [0.2, 0.25) is 5.91 Å². The minimum Gasteiger partial charge on any atom is -0.349 e. The molecule has 1 aliphatic heterocycles. The SMILES string of the molecule is O=C(NC1CCN(C(=O)Cc2ccc(F)cc2)CC1)c1c(F)cccc1Cl. The molecular weight excluding hydrogens is 374 g/mol. The molecule has 0 aromatic heterocycles. The first-order valence-electron chi connectivity index (χ1n) is 8.71. The van der Waals surface area contributed by atoms with Gasteiger partial charge in [-0.25, -0.2) is 8.78 Å². The zero-order valence-electron chi connectivity index (χ0n) is 14.6. The number of carbonyl (C=O) groups excluding carboxylic acids is 2. The van der Waals surface area contributed by atoms with E-state index in [1.54, 1.807) is 17.0 Å². The quantitative estimate of drug-likeness (QED) is 0.864. The standard InChI is InChI=1S/C20H19ClF2N2O2/c21-16-2-1-3-17(23)19(16)20(27)24-15-8-10-25(11-9-15)18(26)12-13-4-6-14(22)7-5-13/h1-7,15H,8-12H2,(H,24,27). The molecule has 3 rings (SSSR count). The maximum absolute atomic E-state index is 13.8. The number of nitrogens with one attached hydrogen (secondary N) is 1. The molecule has 0 atom stereocenters. The van der Waals surface area contributed by atoms with Crippen molar-refractivity contribution in [3.8, 4) is 0 Å². The normalized spacial score (nSPS) is 14.9. The molecule has 27 heavy (non-hydrogen) atoms. The Morgan fingerprint density at radius 3 is 2.37 bits per heavy atom. The van der Waals surface area contributed by atoms with E-state index in [2.05, 4.69) is 5.32 Å². The van der Waals surface area contributed by atoms with Crippen molar-refractivity contribution in [2.45, 2.75) is 25.3 Å². The number of halogens is 3. The van der Waals surface area contributed by atoms with Gasteiger partial charge in [-0.1, -0.05) is 29.8 Å². The summed E-state index contributed by atoms with van der Waals surface area (Å²) in [5.74, 6) is -1.58. The van der Waals surface area contributed by atoms with E-state index in [1.165, 1.54) is 30.3 Å². The Hall–Kier alpha value is -2.47. The van der Waals surface area contributed by atoms with Crippen molar-refractivity contribution in [1.82, 2.24) is 10.2 Å². The summed E-state index contributed by atoms with van der Waals surface area (Å²) in [6, 6.07) is 9.81. The van der Waals surface area contributed by atoms with Gasteiger partial charge in [0.25, 0.3) is 5.91 Å². The number of carbonyl (C=O) groups is 2. The summed E-state index contributed by atoms with van der Waals surface area (Å²) in [5.41, 5.74) is 0.597. The van der Waals surface area contributed by atoms with Gasteiger partial charge in [-0.05, 0) is 42.7 Å². The van der Waals surface area contributed by atoms with Crippen LogP contribution in [0.1, 0.15) is 28.8 Å². The van der Waals surface area contributed by atoms with Gasteiger partial charge >= 0.3 is 0 Å². The monoisotopic (exact) mass is 392 g/mol. The van der Waals surface area contributed by atoms with E-state index in [0.717, 1.165) is 5.56 Å². The second kappa shape index (κ2) is 8.48. The van der Waals surface area contributed by atoms with Crippen LogP contribution in [0.25, 0.3) is 0 Å². The van der Waals surface area contributed by atoms with Crippen LogP contribution in [0.15, 0.2) is 42.5 Å². The molecule has 2 aromatic rings. The third kappa shape index (κ3) is 4.83. The van der Waals surface area contributed by atoms with Crippen LogP contribution < -0.4 is 5.32 Å². The van der Waals surface area contributed by atoms with Crippen LogP contribution in [0.3, 0.4) is 0 Å². The number of hydrogen-bond donors (Lipinski definition) is 1. The molecule has 1 fully saturated rings. The highest BCUT2D eigenvalue weighted by Crippen LogP contribution is 2.20. The Labute approximate surface area is 161 Å². The van der Waals surface area contributed by atoms with Gasteiger partial charge in [-0.2, -0.15) is 0 Å². The first kappa shape index (κ1) is 19.3. The van der Waals surface area contributed by atoms with Crippen molar-refractivity contribution in [3.63, 3.8) is 0 Å². The van der Waals surface area contributed by atoms with Crippen molar-refractivity contribution >= 4 is 23.4 Å². The molecule has 0 saturated carbocycles. The Morgan fingerprint density at radius 1 is 1.07 bits per heavy atom. The molecule has 0 bridgehead atoms. The number of benzene rings is 2. The number of likely N-dealkylation sites (tertiary alicyclic amines) is 1. The van der Waals surface area contributed by atoms with Gasteiger partial charge in [0.15, 0.2) is 0 Å². The van der Waals surface area contributed by atoms with E-state index in [4.69, 9.17) is 11.6 Å². The highest BCUT2D eigenvalue weighted by Gasteiger charge is 2.25. The molecule has 0 unspecified atom stereocenters. The molecular formula is C20H19ClF2N2O2. The predicted molar refractivity (Wildman–Crippen MR) is 98.6 cm³/mol. The van der Waals surface area contributed by atoms with Crippen molar-refractivity contribution in [3.05, 3.63) is 70.2 Å². The third-order valence-corrected chi connectivity index (χ3v) is 4.96. The van der Waals surface area contributed by atoms with E-state index in [9.17, 15) is 18.4 Å². The van der Waals surface area contributed by atoms with E-state index in [0.29, 0.717) is 25.9 Å². The highest BCUT2D eigenvalue weighted by molar-refractivity contribution is 6.33. The number of amides is 2. The second-order valence-corrected chi connectivity index (χ2v) is 6.94. The first-order valence-corrected chi connectivity index (χ1v) is 9.09. The molecule has 2 amide bonds. The predicted octanol–water partition coefficient (Wildman–Crippen LogP) is 3.58. The summed E-state index contributed by atoms with van der Waals surface area (Å²) < 4.78 is 26.8. The van der Waals surface area contributed by atoms with Gasteiger partial charge in [-0.3, -0.25) is 9.59 Å². The number of rotatable bonds is 4. The molecule has 0 spiro atoms. The average Bonchev–Trinajstić information content (AvgIpc) is 2.64. The molecule has 1 N–H and O–H groups in total. The lowest BCUT2D eigenvalue weighted by atomic mass is 10.0. The Balaban J connectivity index is 1.52. The van der Waals surface area contributed by atoms with Gasteiger partial charge in [-0.15, -0.1) is 0 Å². The zero-order valence-corrected chi connectivity index (χ0v) is 15.3. The lowest BCUT2D eigenvalue weighted by Gasteiger charge is -2.32. The molecule has 2 aromatic carbocycles. The first-order chi connectivity index (χ1) is 12.9. The Bertz CT molecular complexity index is 814. The van der Waals surface area contributed by atoms with Crippen molar-refractivity contribution < 1.29 is 18.4 Å².